The Balaban J connectivity index is 2.00. The molecule has 1 aromatic carbocycles. The van der Waals surface area contributed by atoms with E-state index in [0.717, 1.165) is 36.9 Å². The Morgan fingerprint density at radius 3 is 2.90 bits per heavy atom. The van der Waals surface area contributed by atoms with Gasteiger partial charge in [0.05, 0.1) is 5.69 Å². The highest BCUT2D eigenvalue weighted by Crippen LogP contribution is 2.22. The molecule has 0 unspecified atom stereocenters. The minimum absolute atomic E-state index is 0.0999. The second-order valence-electron chi connectivity index (χ2n) is 5.02. The van der Waals surface area contributed by atoms with Gasteiger partial charge >= 0.3 is 0 Å². The normalized spacial score (nSPS) is 14.1. The molecule has 1 N–H and O–H groups in total. The van der Waals surface area contributed by atoms with E-state index in [1.807, 2.05) is 0 Å². The van der Waals surface area contributed by atoms with Crippen molar-refractivity contribution in [2.24, 2.45) is 0 Å². The molecule has 0 bridgehead atoms. The summed E-state index contributed by atoms with van der Waals surface area (Å²) in [6.07, 6.45) is 3.86. The van der Waals surface area contributed by atoms with Gasteiger partial charge in [-0.3, -0.25) is 4.79 Å². The van der Waals surface area contributed by atoms with Crippen LogP contribution in [0.3, 0.4) is 0 Å². The van der Waals surface area contributed by atoms with Crippen LogP contribution in [-0.2, 0) is 19.3 Å². The number of nitrogens with one attached hydrogen (secondary N) is 1. The average molecular weight is 293 g/mol. The molecular formula is C15H14ClFN2O. The highest BCUT2D eigenvalue weighted by atomic mass is 35.5. The van der Waals surface area contributed by atoms with Gasteiger partial charge < -0.3 is 4.98 Å². The van der Waals surface area contributed by atoms with E-state index < -0.39 is 0 Å². The van der Waals surface area contributed by atoms with E-state index in [1.54, 1.807) is 12.1 Å². The van der Waals surface area contributed by atoms with E-state index in [4.69, 9.17) is 11.6 Å². The van der Waals surface area contributed by atoms with Gasteiger partial charge in [-0.25, -0.2) is 9.37 Å². The highest BCUT2D eigenvalue weighted by molar-refractivity contribution is 6.31. The zero-order valence-corrected chi connectivity index (χ0v) is 11.6. The Kier molecular flexibility index (Phi) is 3.57. The lowest BCUT2D eigenvalue weighted by Crippen LogP contribution is -2.23. The van der Waals surface area contributed by atoms with Crippen LogP contribution in [-0.4, -0.2) is 9.97 Å². The summed E-state index contributed by atoms with van der Waals surface area (Å²) in [6.45, 7) is 0. The number of benzene rings is 1. The van der Waals surface area contributed by atoms with Crippen molar-refractivity contribution in [1.82, 2.24) is 9.97 Å². The Morgan fingerprint density at radius 1 is 1.30 bits per heavy atom. The predicted molar refractivity (Wildman–Crippen MR) is 75.7 cm³/mol. The number of hydrogen-bond donors (Lipinski definition) is 1. The fraction of sp³-hybridized carbons (Fsp3) is 0.333. The second-order valence-corrected chi connectivity index (χ2v) is 5.43. The summed E-state index contributed by atoms with van der Waals surface area (Å²) in [4.78, 5) is 19.2. The quantitative estimate of drug-likeness (QED) is 0.925. The molecule has 3 rings (SSSR count). The van der Waals surface area contributed by atoms with Crippen molar-refractivity contribution >= 4 is 11.6 Å². The van der Waals surface area contributed by atoms with Crippen LogP contribution >= 0.6 is 11.6 Å². The van der Waals surface area contributed by atoms with Gasteiger partial charge in [-0.15, -0.1) is 0 Å². The van der Waals surface area contributed by atoms with Crippen LogP contribution in [0, 0.1) is 5.82 Å². The first-order valence-electron chi connectivity index (χ1n) is 6.69. The molecule has 20 heavy (non-hydrogen) atoms. The molecule has 0 saturated heterocycles. The summed E-state index contributed by atoms with van der Waals surface area (Å²) < 4.78 is 13.8. The maximum atomic E-state index is 13.8. The second kappa shape index (κ2) is 5.37. The van der Waals surface area contributed by atoms with Crippen LogP contribution in [0.2, 0.25) is 5.02 Å². The first-order valence-corrected chi connectivity index (χ1v) is 7.07. The topological polar surface area (TPSA) is 45.8 Å². The lowest BCUT2D eigenvalue weighted by molar-refractivity contribution is 0.609. The smallest absolute Gasteiger partial charge is 0.254 e. The van der Waals surface area contributed by atoms with Gasteiger partial charge in [-0.05, 0) is 37.8 Å². The number of aromatic amines is 1. The third-order valence-electron chi connectivity index (χ3n) is 3.65. The van der Waals surface area contributed by atoms with Crippen LogP contribution in [0.4, 0.5) is 4.39 Å². The van der Waals surface area contributed by atoms with Gasteiger partial charge in [0, 0.05) is 22.6 Å². The molecule has 0 fully saturated rings. The van der Waals surface area contributed by atoms with Crippen molar-refractivity contribution in [1.29, 1.82) is 0 Å². The number of nitrogens with zero attached hydrogens (tertiary/aromatic N) is 1. The Morgan fingerprint density at radius 2 is 2.10 bits per heavy atom. The van der Waals surface area contributed by atoms with E-state index in [-0.39, 0.29) is 17.8 Å². The first-order chi connectivity index (χ1) is 9.65. The fourth-order valence-electron chi connectivity index (χ4n) is 2.61. The number of H-pyrrole nitrogens is 1. The molecule has 3 nitrogen and oxygen atoms in total. The van der Waals surface area contributed by atoms with E-state index in [1.165, 1.54) is 6.07 Å². The molecule has 104 valence electrons. The van der Waals surface area contributed by atoms with E-state index in [0.29, 0.717) is 16.4 Å². The predicted octanol–water partition coefficient (Wildman–Crippen LogP) is 3.03. The molecule has 2 aromatic rings. The molecule has 5 heteroatoms. The maximum Gasteiger partial charge on any atom is 0.254 e. The van der Waals surface area contributed by atoms with E-state index >= 15 is 0 Å². The average Bonchev–Trinajstić information content (AvgIpc) is 2.43. The largest absolute Gasteiger partial charge is 0.310 e. The third-order valence-corrected chi connectivity index (χ3v) is 4.00. The Labute approximate surface area is 120 Å². The van der Waals surface area contributed by atoms with Crippen LogP contribution in [0.5, 0.6) is 0 Å². The van der Waals surface area contributed by atoms with Gasteiger partial charge in [0.1, 0.15) is 11.6 Å². The van der Waals surface area contributed by atoms with Crippen molar-refractivity contribution in [3.8, 4) is 0 Å². The Hall–Kier alpha value is -1.68. The maximum absolute atomic E-state index is 13.8. The monoisotopic (exact) mass is 292 g/mol. The fourth-order valence-corrected chi connectivity index (χ4v) is 2.84. The minimum Gasteiger partial charge on any atom is -0.310 e. The lowest BCUT2D eigenvalue weighted by atomic mass is 9.97. The first kappa shape index (κ1) is 13.3. The van der Waals surface area contributed by atoms with Gasteiger partial charge in [0.2, 0.25) is 0 Å². The number of aromatic nitrogens is 2. The van der Waals surface area contributed by atoms with Gasteiger partial charge in [0.25, 0.3) is 5.56 Å². The number of fused-ring (bicyclic) bond motifs is 1. The lowest BCUT2D eigenvalue weighted by Gasteiger charge is -2.15. The van der Waals surface area contributed by atoms with Gasteiger partial charge in [-0.2, -0.15) is 0 Å². The zero-order valence-electron chi connectivity index (χ0n) is 10.9. The number of rotatable bonds is 2. The molecule has 0 spiro atoms. The van der Waals surface area contributed by atoms with E-state index in [9.17, 15) is 9.18 Å². The van der Waals surface area contributed by atoms with Crippen molar-refractivity contribution in [2.75, 3.05) is 0 Å². The standard InChI is InChI=1S/C15H14ClFN2O/c16-11-5-3-6-12(17)10(11)8-14-18-13-7-2-1-4-9(13)15(20)19-14/h3,5-6H,1-2,4,7-8H2,(H,18,19,20). The van der Waals surface area contributed by atoms with Crippen LogP contribution < -0.4 is 5.56 Å². The molecule has 1 aromatic heterocycles. The number of halogens is 2. The number of hydrogen-bond acceptors (Lipinski definition) is 2. The summed E-state index contributed by atoms with van der Waals surface area (Å²) in [5.41, 5.74) is 1.90. The van der Waals surface area contributed by atoms with Gasteiger partial charge in [0.15, 0.2) is 0 Å². The minimum atomic E-state index is -0.377. The molecular weight excluding hydrogens is 279 g/mol. The molecule has 0 aliphatic heterocycles. The molecule has 0 saturated carbocycles. The highest BCUT2D eigenvalue weighted by Gasteiger charge is 2.17. The molecule has 0 amide bonds. The summed E-state index contributed by atoms with van der Waals surface area (Å²) in [5, 5.41) is 0.352. The van der Waals surface area contributed by atoms with E-state index in [2.05, 4.69) is 9.97 Å². The molecule has 0 radical (unpaired) electrons. The van der Waals surface area contributed by atoms with Crippen LogP contribution in [0.25, 0.3) is 0 Å². The zero-order chi connectivity index (χ0) is 14.1. The summed E-state index contributed by atoms with van der Waals surface area (Å²) in [7, 11) is 0. The summed E-state index contributed by atoms with van der Waals surface area (Å²) in [5.74, 6) is 0.0977. The van der Waals surface area contributed by atoms with Crippen molar-refractivity contribution in [3.63, 3.8) is 0 Å². The number of aryl methyl sites for hydroxylation is 1. The van der Waals surface area contributed by atoms with Crippen LogP contribution in [0.1, 0.15) is 35.5 Å². The molecule has 1 heterocycles. The molecule has 1 aliphatic rings. The summed E-state index contributed by atoms with van der Waals surface area (Å²) in [6, 6.07) is 4.55. The van der Waals surface area contributed by atoms with Gasteiger partial charge in [-0.1, -0.05) is 17.7 Å². The Bertz CT molecular complexity index is 691. The molecule has 1 aliphatic carbocycles. The third kappa shape index (κ3) is 2.48. The molecule has 0 atom stereocenters. The van der Waals surface area contributed by atoms with Crippen molar-refractivity contribution < 1.29 is 4.39 Å². The summed E-state index contributed by atoms with van der Waals surface area (Å²) >= 11 is 6.00. The van der Waals surface area contributed by atoms with Crippen molar-refractivity contribution in [2.45, 2.75) is 32.1 Å². The van der Waals surface area contributed by atoms with Crippen LogP contribution in [0.15, 0.2) is 23.0 Å². The SMILES string of the molecule is O=c1[nH]c(Cc2c(F)cccc2Cl)nc2c1CCCC2. The van der Waals surface area contributed by atoms with Crippen molar-refractivity contribution in [3.05, 3.63) is 62.0 Å².